The van der Waals surface area contributed by atoms with Crippen LogP contribution in [-0.4, -0.2) is 48.9 Å². The molecule has 4 heavy (non-hydrogen) atoms. The molecule has 0 unspecified atom stereocenters. The summed E-state index contributed by atoms with van der Waals surface area (Å²) in [4.78, 5) is 0. The van der Waals surface area contributed by atoms with Crippen LogP contribution in [0, 0.1) is 41.3 Å². The van der Waals surface area contributed by atoms with E-state index in [4.69, 9.17) is 0 Å². The molecule has 0 bridgehead atoms. The van der Waals surface area contributed by atoms with Gasteiger partial charge in [-0.2, -0.15) is 0 Å². The van der Waals surface area contributed by atoms with Crippen LogP contribution in [0.1, 0.15) is 0 Å². The molecule has 0 spiro atoms. The molecule has 0 aliphatic heterocycles. The van der Waals surface area contributed by atoms with E-state index in [1.54, 1.807) is 0 Å². The molecule has 0 rings (SSSR count). The second kappa shape index (κ2) is 15.7. The zero-order valence-corrected chi connectivity index (χ0v) is 15.8. The van der Waals surface area contributed by atoms with Crippen LogP contribution in [0.5, 0.6) is 0 Å². The van der Waals surface area contributed by atoms with Gasteiger partial charge in [-0.15, -0.1) is 0 Å². The maximum absolute atomic E-state index is 0. The molecular weight excluding hydrogens is 458 g/mol. The van der Waals surface area contributed by atoms with E-state index in [0.29, 0.717) is 0 Å². The van der Waals surface area contributed by atoms with Crippen LogP contribution in [0.4, 0.5) is 0 Å². The first-order chi connectivity index (χ1) is 0. The van der Waals surface area contributed by atoms with Gasteiger partial charge in [-0.25, -0.2) is 0 Å². The zero-order chi connectivity index (χ0) is 0. The van der Waals surface area contributed by atoms with E-state index in [9.17, 15) is 0 Å². The van der Waals surface area contributed by atoms with E-state index in [1.165, 1.54) is 0 Å². The molecule has 0 N–H and O–H groups in total. The third-order valence-corrected chi connectivity index (χ3v) is 0. The van der Waals surface area contributed by atoms with Gasteiger partial charge in [0.1, 0.15) is 0 Å². The van der Waals surface area contributed by atoms with Crippen LogP contribution in [0.2, 0.25) is 0 Å². The first-order valence-corrected chi connectivity index (χ1v) is 0. The minimum Gasteiger partial charge on any atom is 0 e. The quantitative estimate of drug-likeness (QED) is 0.435. The molecule has 0 saturated heterocycles. The molecule has 0 aromatic carbocycles. The normalized spacial score (nSPS) is 0. The van der Waals surface area contributed by atoms with Gasteiger partial charge in [-0.3, -0.25) is 0 Å². The number of hydrogen-bond acceptors (Lipinski definition) is 0. The molecule has 4 radical (unpaired) electrons. The Morgan fingerprint density at radius 1 is 1.00 bits per heavy atom. The molecule has 4 heteroatoms. The van der Waals surface area contributed by atoms with E-state index in [2.05, 4.69) is 0 Å². The second-order valence-electron chi connectivity index (χ2n) is 0. The second-order valence-corrected chi connectivity index (χ2v) is 0. The van der Waals surface area contributed by atoms with E-state index in [0.717, 1.165) is 0 Å². The van der Waals surface area contributed by atoms with Crippen LogP contribution < -0.4 is 0 Å². The first-order valence-electron chi connectivity index (χ1n) is 0. The Labute approximate surface area is 144 Å². The van der Waals surface area contributed by atoms with Crippen molar-refractivity contribution in [2.75, 3.05) is 0 Å². The summed E-state index contributed by atoms with van der Waals surface area (Å²) >= 11 is 0. The van der Waals surface area contributed by atoms with Crippen molar-refractivity contribution in [1.29, 1.82) is 0 Å². The fourth-order valence-electron chi connectivity index (χ4n) is 0. The molecule has 0 amide bonds. The van der Waals surface area contributed by atoms with Crippen molar-refractivity contribution in [3.63, 3.8) is 0 Å². The summed E-state index contributed by atoms with van der Waals surface area (Å²) in [6, 6.07) is 0. The van der Waals surface area contributed by atoms with Gasteiger partial charge in [0.2, 0.25) is 0 Å². The van der Waals surface area contributed by atoms with Crippen molar-refractivity contribution in [1.82, 2.24) is 0 Å². The van der Waals surface area contributed by atoms with Gasteiger partial charge in [0.25, 0.3) is 0 Å². The SMILES string of the molecule is [Ba].[Pr].[Y].[Zr]. The third-order valence-electron chi connectivity index (χ3n) is 0. The van der Waals surface area contributed by atoms with Gasteiger partial charge in [-0.1, -0.05) is 0 Å². The third kappa shape index (κ3) is 10.0. The van der Waals surface area contributed by atoms with Crippen molar-refractivity contribution in [3.05, 3.63) is 0 Å². The van der Waals surface area contributed by atoms with E-state index >= 15 is 0 Å². The number of hydrogen-bond donors (Lipinski definition) is 0. The van der Waals surface area contributed by atoms with Gasteiger partial charge in [0.05, 0.1) is 0 Å². The number of rotatable bonds is 0. The summed E-state index contributed by atoms with van der Waals surface area (Å²) in [6.07, 6.45) is 0. The Hall–Kier alpha value is 4.92. The molecule has 0 saturated carbocycles. The maximum Gasteiger partial charge on any atom is 0 e. The Kier molecular flexibility index (Phi) is 90.5. The summed E-state index contributed by atoms with van der Waals surface area (Å²) < 4.78 is 0. The van der Waals surface area contributed by atoms with E-state index in [-0.39, 0.29) is 149 Å². The Bertz CT molecular complexity index is 8.00. The molecule has 0 aromatic heterocycles. The van der Waals surface area contributed by atoms with Crippen molar-refractivity contribution in [2.45, 2.75) is 0 Å². The fraction of sp³-hybridized carbons (Fsp3) is 0. The monoisotopic (exact) mass is 458 g/mol. The molecule has 0 aliphatic carbocycles. The van der Waals surface area contributed by atoms with E-state index in [1.807, 2.05) is 0 Å². The van der Waals surface area contributed by atoms with Crippen LogP contribution in [-0.2, 0) is 58.9 Å². The fourth-order valence-corrected chi connectivity index (χ4v) is 0. The Morgan fingerprint density at radius 3 is 1.00 bits per heavy atom. The van der Waals surface area contributed by atoms with Crippen LogP contribution in [0.15, 0.2) is 0 Å². The zero-order valence-electron chi connectivity index (χ0n) is 2.36. The molecule has 0 aromatic rings. The van der Waals surface area contributed by atoms with Crippen molar-refractivity contribution < 1.29 is 100 Å². The van der Waals surface area contributed by atoms with Gasteiger partial charge >= 0.3 is 0 Å². The summed E-state index contributed by atoms with van der Waals surface area (Å²) in [7, 11) is 0. The molecular formula is BaPrYZr. The summed E-state index contributed by atoms with van der Waals surface area (Å²) in [5.41, 5.74) is 0. The summed E-state index contributed by atoms with van der Waals surface area (Å²) in [5, 5.41) is 0. The topological polar surface area (TPSA) is 0 Å². The maximum atomic E-state index is 0. The summed E-state index contributed by atoms with van der Waals surface area (Å²) in [6.45, 7) is 0. The molecule has 0 atom stereocenters. The smallest absolute Gasteiger partial charge is 0 e. The van der Waals surface area contributed by atoms with E-state index < -0.39 is 0 Å². The van der Waals surface area contributed by atoms with Gasteiger partial charge in [0, 0.05) is 149 Å². The molecule has 0 heterocycles. The summed E-state index contributed by atoms with van der Waals surface area (Å²) in [5.74, 6) is 0. The minimum absolute atomic E-state index is 0. The molecule has 12 valence electrons. The largest absolute Gasteiger partial charge is 0 e. The Morgan fingerprint density at radius 2 is 1.00 bits per heavy atom. The predicted molar refractivity (Wildman–Crippen MR) is 5.75 cm³/mol. The van der Waals surface area contributed by atoms with Gasteiger partial charge < -0.3 is 0 Å². The van der Waals surface area contributed by atoms with Crippen LogP contribution in [0.25, 0.3) is 0 Å². The average Bonchev–Trinajstić information content (AvgIpc) is 0. The molecule has 0 fully saturated rings. The van der Waals surface area contributed by atoms with Crippen molar-refractivity contribution in [3.8, 4) is 0 Å². The van der Waals surface area contributed by atoms with Gasteiger partial charge in [0.15, 0.2) is 0 Å². The van der Waals surface area contributed by atoms with Crippen molar-refractivity contribution >= 4 is 48.9 Å². The Balaban J connectivity index is 0. The minimum atomic E-state index is 0. The van der Waals surface area contributed by atoms with Crippen LogP contribution in [0.3, 0.4) is 0 Å². The van der Waals surface area contributed by atoms with Gasteiger partial charge in [-0.05, 0) is 0 Å². The molecule has 0 aliphatic rings. The molecule has 0 nitrogen and oxygen atoms in total. The first kappa shape index (κ1) is 23.1. The average molecular weight is 458 g/mol. The predicted octanol–water partition coefficient (Wildman–Crippen LogP) is -0.386. The standard InChI is InChI=1S/Ba.Pr.Y.Zr. The van der Waals surface area contributed by atoms with Crippen molar-refractivity contribution in [2.24, 2.45) is 0 Å². The van der Waals surface area contributed by atoms with Crippen LogP contribution >= 0.6 is 0 Å².